The van der Waals surface area contributed by atoms with Crippen LogP contribution in [0.1, 0.15) is 29.5 Å². The van der Waals surface area contributed by atoms with Gasteiger partial charge in [0.1, 0.15) is 5.78 Å². The SMILES string of the molecule is O=C(CCCc1ccccc1)C1Cc2ccccc2CN1. The molecule has 1 heterocycles. The van der Waals surface area contributed by atoms with Gasteiger partial charge in [0.25, 0.3) is 0 Å². The lowest BCUT2D eigenvalue weighted by molar-refractivity contribution is -0.121. The Morgan fingerprint density at radius 3 is 2.52 bits per heavy atom. The van der Waals surface area contributed by atoms with Crippen molar-refractivity contribution in [1.82, 2.24) is 5.32 Å². The topological polar surface area (TPSA) is 29.1 Å². The van der Waals surface area contributed by atoms with Crippen LogP contribution in [0.5, 0.6) is 0 Å². The summed E-state index contributed by atoms with van der Waals surface area (Å²) in [5.74, 6) is 0.348. The van der Waals surface area contributed by atoms with Crippen molar-refractivity contribution in [3.8, 4) is 0 Å². The minimum Gasteiger partial charge on any atom is -0.303 e. The molecule has 1 unspecified atom stereocenters. The Hall–Kier alpha value is -1.93. The molecule has 2 aromatic rings. The molecule has 2 nitrogen and oxygen atoms in total. The number of carbonyl (C=O) groups is 1. The monoisotopic (exact) mass is 279 g/mol. The second kappa shape index (κ2) is 6.68. The van der Waals surface area contributed by atoms with Gasteiger partial charge in [0, 0.05) is 13.0 Å². The summed E-state index contributed by atoms with van der Waals surface area (Å²) in [5, 5.41) is 3.37. The first-order valence-corrected chi connectivity index (χ1v) is 7.70. The van der Waals surface area contributed by atoms with Crippen molar-refractivity contribution in [2.75, 3.05) is 0 Å². The molecule has 1 atom stereocenters. The van der Waals surface area contributed by atoms with Crippen LogP contribution in [0.15, 0.2) is 54.6 Å². The molecule has 0 aromatic heterocycles. The van der Waals surface area contributed by atoms with Crippen LogP contribution in [0.2, 0.25) is 0 Å². The molecular weight excluding hydrogens is 258 g/mol. The zero-order valence-corrected chi connectivity index (χ0v) is 12.2. The number of nitrogens with one attached hydrogen (secondary N) is 1. The largest absolute Gasteiger partial charge is 0.303 e. The molecule has 0 bridgehead atoms. The summed E-state index contributed by atoms with van der Waals surface area (Å²) in [6.45, 7) is 0.811. The van der Waals surface area contributed by atoms with Crippen molar-refractivity contribution in [3.63, 3.8) is 0 Å². The molecule has 0 saturated heterocycles. The third-order valence-corrected chi connectivity index (χ3v) is 4.20. The first-order chi connectivity index (χ1) is 10.3. The summed E-state index contributed by atoms with van der Waals surface area (Å²) >= 11 is 0. The Morgan fingerprint density at radius 1 is 1.00 bits per heavy atom. The Labute approximate surface area is 126 Å². The highest BCUT2D eigenvalue weighted by molar-refractivity contribution is 5.84. The maximum Gasteiger partial charge on any atom is 0.150 e. The van der Waals surface area contributed by atoms with Crippen LogP contribution in [-0.2, 0) is 24.2 Å². The number of rotatable bonds is 5. The van der Waals surface area contributed by atoms with E-state index in [0.717, 1.165) is 25.8 Å². The van der Waals surface area contributed by atoms with Crippen LogP contribution in [-0.4, -0.2) is 11.8 Å². The molecule has 0 aliphatic carbocycles. The van der Waals surface area contributed by atoms with Gasteiger partial charge in [0.2, 0.25) is 0 Å². The van der Waals surface area contributed by atoms with Crippen molar-refractivity contribution in [1.29, 1.82) is 0 Å². The molecule has 1 aliphatic rings. The van der Waals surface area contributed by atoms with Gasteiger partial charge in [-0.3, -0.25) is 4.79 Å². The average molecular weight is 279 g/mol. The van der Waals surface area contributed by atoms with Crippen molar-refractivity contribution >= 4 is 5.78 Å². The zero-order chi connectivity index (χ0) is 14.5. The third-order valence-electron chi connectivity index (χ3n) is 4.20. The van der Waals surface area contributed by atoms with Crippen molar-refractivity contribution < 1.29 is 4.79 Å². The molecule has 1 N–H and O–H groups in total. The lowest BCUT2D eigenvalue weighted by atomic mass is 9.92. The summed E-state index contributed by atoms with van der Waals surface area (Å²) in [6, 6.07) is 18.8. The van der Waals surface area contributed by atoms with Gasteiger partial charge in [0.15, 0.2) is 0 Å². The summed E-state index contributed by atoms with van der Waals surface area (Å²) < 4.78 is 0. The van der Waals surface area contributed by atoms with Crippen LogP contribution in [0.25, 0.3) is 0 Å². The lowest BCUT2D eigenvalue weighted by Crippen LogP contribution is -2.41. The van der Waals surface area contributed by atoms with Crippen LogP contribution in [0.4, 0.5) is 0 Å². The van der Waals surface area contributed by atoms with Crippen LogP contribution in [0, 0.1) is 0 Å². The second-order valence-electron chi connectivity index (χ2n) is 5.71. The Kier molecular flexibility index (Phi) is 4.46. The highest BCUT2D eigenvalue weighted by atomic mass is 16.1. The fraction of sp³-hybridized carbons (Fsp3) is 0.316. The van der Waals surface area contributed by atoms with E-state index in [1.54, 1.807) is 0 Å². The van der Waals surface area contributed by atoms with E-state index in [-0.39, 0.29) is 6.04 Å². The summed E-state index contributed by atoms with van der Waals surface area (Å²) in [6.07, 6.45) is 3.41. The van der Waals surface area contributed by atoms with E-state index >= 15 is 0 Å². The predicted octanol–water partition coefficient (Wildman–Crippen LogP) is 3.29. The predicted molar refractivity (Wildman–Crippen MR) is 85.2 cm³/mol. The molecule has 1 aliphatic heterocycles. The maximum absolute atomic E-state index is 12.3. The number of Topliss-reactive ketones (excluding diaryl/α,β-unsaturated/α-hetero) is 1. The van der Waals surface area contributed by atoms with Gasteiger partial charge in [-0.15, -0.1) is 0 Å². The van der Waals surface area contributed by atoms with Gasteiger partial charge in [0.05, 0.1) is 6.04 Å². The highest BCUT2D eigenvalue weighted by Gasteiger charge is 2.23. The van der Waals surface area contributed by atoms with Gasteiger partial charge >= 0.3 is 0 Å². The number of carbonyl (C=O) groups excluding carboxylic acids is 1. The Morgan fingerprint density at radius 2 is 1.71 bits per heavy atom. The number of aryl methyl sites for hydroxylation is 1. The first kappa shape index (κ1) is 14.0. The maximum atomic E-state index is 12.3. The smallest absolute Gasteiger partial charge is 0.150 e. The van der Waals surface area contributed by atoms with E-state index in [9.17, 15) is 4.79 Å². The van der Waals surface area contributed by atoms with Gasteiger partial charge in [-0.1, -0.05) is 54.6 Å². The molecule has 2 aromatic carbocycles. The highest BCUT2D eigenvalue weighted by Crippen LogP contribution is 2.18. The summed E-state index contributed by atoms with van der Waals surface area (Å²) in [5.41, 5.74) is 3.95. The standard InChI is InChI=1S/C19H21NO/c21-19(12-6-9-15-7-2-1-3-8-15)18-13-16-10-4-5-11-17(16)14-20-18/h1-5,7-8,10-11,18,20H,6,9,12-14H2. The average Bonchev–Trinajstić information content (AvgIpc) is 2.55. The van der Waals surface area contributed by atoms with Crippen LogP contribution < -0.4 is 5.32 Å². The van der Waals surface area contributed by atoms with Crippen molar-refractivity contribution in [3.05, 3.63) is 71.3 Å². The molecule has 0 radical (unpaired) electrons. The quantitative estimate of drug-likeness (QED) is 0.910. The first-order valence-electron chi connectivity index (χ1n) is 7.70. The number of hydrogen-bond donors (Lipinski definition) is 1. The fourth-order valence-electron chi connectivity index (χ4n) is 2.97. The van der Waals surface area contributed by atoms with Gasteiger partial charge in [-0.05, 0) is 36.0 Å². The van der Waals surface area contributed by atoms with Crippen LogP contribution in [0.3, 0.4) is 0 Å². The molecule has 0 saturated carbocycles. The third kappa shape index (κ3) is 3.59. The number of benzene rings is 2. The van der Waals surface area contributed by atoms with E-state index < -0.39 is 0 Å². The molecular formula is C19H21NO. The summed E-state index contributed by atoms with van der Waals surface area (Å²) in [4.78, 5) is 12.3. The number of ketones is 1. The molecule has 0 spiro atoms. The number of fused-ring (bicyclic) bond motifs is 1. The van der Waals surface area contributed by atoms with E-state index in [4.69, 9.17) is 0 Å². The Balaban J connectivity index is 1.50. The number of hydrogen-bond acceptors (Lipinski definition) is 2. The minimum absolute atomic E-state index is 0.00401. The van der Waals surface area contributed by atoms with Gasteiger partial charge in [-0.2, -0.15) is 0 Å². The minimum atomic E-state index is -0.00401. The van der Waals surface area contributed by atoms with E-state index in [1.807, 2.05) is 6.07 Å². The van der Waals surface area contributed by atoms with E-state index in [1.165, 1.54) is 16.7 Å². The van der Waals surface area contributed by atoms with Gasteiger partial charge in [-0.25, -0.2) is 0 Å². The normalized spacial score (nSPS) is 17.2. The summed E-state index contributed by atoms with van der Waals surface area (Å²) in [7, 11) is 0. The van der Waals surface area contributed by atoms with Crippen LogP contribution >= 0.6 is 0 Å². The molecule has 0 amide bonds. The molecule has 0 fully saturated rings. The van der Waals surface area contributed by atoms with E-state index in [2.05, 4.69) is 53.8 Å². The molecule has 2 heteroatoms. The zero-order valence-electron chi connectivity index (χ0n) is 12.2. The van der Waals surface area contributed by atoms with Crippen molar-refractivity contribution in [2.24, 2.45) is 0 Å². The Bertz CT molecular complexity index is 606. The molecule has 3 rings (SSSR count). The molecule has 108 valence electrons. The lowest BCUT2D eigenvalue weighted by Gasteiger charge is -2.25. The van der Waals surface area contributed by atoms with E-state index in [0.29, 0.717) is 12.2 Å². The fourth-order valence-corrected chi connectivity index (χ4v) is 2.97. The second-order valence-corrected chi connectivity index (χ2v) is 5.71. The molecule has 21 heavy (non-hydrogen) atoms. The van der Waals surface area contributed by atoms with Crippen molar-refractivity contribution in [2.45, 2.75) is 38.3 Å². The van der Waals surface area contributed by atoms with Gasteiger partial charge < -0.3 is 5.32 Å².